The van der Waals surface area contributed by atoms with E-state index in [1.807, 2.05) is 0 Å². The first-order valence-electron chi connectivity index (χ1n) is 14.3. The van der Waals surface area contributed by atoms with E-state index in [-0.39, 0.29) is 28.3 Å². The normalized spacial score (nSPS) is 18.7. The second kappa shape index (κ2) is 13.9. The zero-order valence-corrected chi connectivity index (χ0v) is 24.8. The molecule has 0 N–H and O–H groups in total. The number of carbonyl (C=O) groups excluding carboxylic acids is 3. The van der Waals surface area contributed by atoms with Crippen molar-refractivity contribution in [2.75, 3.05) is 13.7 Å². The lowest BCUT2D eigenvalue weighted by atomic mass is 10.1. The fourth-order valence-electron chi connectivity index (χ4n) is 4.93. The molecule has 2 aromatic heterocycles. The topological polar surface area (TPSA) is 163 Å². The van der Waals surface area contributed by atoms with Crippen LogP contribution in [0.2, 0.25) is 0 Å². The highest BCUT2D eigenvalue weighted by Crippen LogP contribution is 2.35. The van der Waals surface area contributed by atoms with Crippen molar-refractivity contribution < 1.29 is 38.1 Å². The summed E-state index contributed by atoms with van der Waals surface area (Å²) in [5.74, 6) is -2.06. The largest absolute Gasteiger partial charge is 0.491 e. The molecule has 3 aromatic carbocycles. The van der Waals surface area contributed by atoms with Gasteiger partial charge in [0.15, 0.2) is 24.2 Å². The molecule has 6 rings (SSSR count). The Hall–Kier alpha value is -6.15. The number of methoxy groups -OCH3 is 1. The third-order valence-corrected chi connectivity index (χ3v) is 7.21. The molecule has 0 aliphatic carbocycles. The minimum absolute atomic E-state index is 0.0440. The van der Waals surface area contributed by atoms with Crippen LogP contribution in [0.5, 0.6) is 5.75 Å². The van der Waals surface area contributed by atoms with Crippen LogP contribution in [-0.4, -0.2) is 74.3 Å². The summed E-state index contributed by atoms with van der Waals surface area (Å²) in [6.45, 7) is -0.424. The van der Waals surface area contributed by atoms with Gasteiger partial charge >= 0.3 is 23.6 Å². The number of nitrogens with zero attached hydrogens (tertiary/aromatic N) is 5. The average molecular weight is 638 g/mol. The molecule has 14 nitrogen and oxygen atoms in total. The third-order valence-electron chi connectivity index (χ3n) is 7.21. The SMILES string of the molecule is COc1cn([C@@H]2O[C@H](COC(=O)c3ccccc3)C(OC(=O)c3ccccc3)[C@@H]2OC(=O)c2ccccc2)c(=O)nc1-n1cncn1. The molecular weight excluding hydrogens is 610 g/mol. The summed E-state index contributed by atoms with van der Waals surface area (Å²) in [5.41, 5.74) is -0.150. The van der Waals surface area contributed by atoms with Gasteiger partial charge in [0.25, 0.3) is 0 Å². The maximum atomic E-state index is 13.5. The fraction of sp³-hybridized carbons (Fsp3) is 0.182. The number of ether oxygens (including phenoxy) is 5. The monoisotopic (exact) mass is 637 g/mol. The maximum absolute atomic E-state index is 13.5. The molecular formula is C33H27N5O9. The van der Waals surface area contributed by atoms with Crippen molar-refractivity contribution in [3.05, 3.63) is 137 Å². The van der Waals surface area contributed by atoms with Crippen LogP contribution in [0.1, 0.15) is 37.3 Å². The second-order valence-electron chi connectivity index (χ2n) is 10.2. The van der Waals surface area contributed by atoms with Gasteiger partial charge in [0, 0.05) is 0 Å². The first-order valence-corrected chi connectivity index (χ1v) is 14.3. The quantitative estimate of drug-likeness (QED) is 0.163. The van der Waals surface area contributed by atoms with E-state index < -0.39 is 54.7 Å². The molecule has 0 radical (unpaired) electrons. The van der Waals surface area contributed by atoms with E-state index >= 15 is 0 Å². The van der Waals surface area contributed by atoms with E-state index in [2.05, 4.69) is 15.1 Å². The molecule has 0 bridgehead atoms. The summed E-state index contributed by atoms with van der Waals surface area (Å²) < 4.78 is 31.4. The molecule has 1 fully saturated rings. The van der Waals surface area contributed by atoms with Gasteiger partial charge in [0.05, 0.1) is 30.0 Å². The summed E-state index contributed by atoms with van der Waals surface area (Å²) in [7, 11) is 1.37. The number of carbonyl (C=O) groups is 3. The summed E-state index contributed by atoms with van der Waals surface area (Å²) >= 11 is 0. The Kier molecular flexibility index (Phi) is 9.11. The second-order valence-corrected chi connectivity index (χ2v) is 10.2. The molecule has 1 saturated heterocycles. The minimum atomic E-state index is -1.42. The molecule has 238 valence electrons. The van der Waals surface area contributed by atoms with Gasteiger partial charge in [-0.15, -0.1) is 0 Å². The lowest BCUT2D eigenvalue weighted by Crippen LogP contribution is -2.42. The van der Waals surface area contributed by atoms with Crippen LogP contribution in [0, 0.1) is 0 Å². The van der Waals surface area contributed by atoms with Gasteiger partial charge in [-0.2, -0.15) is 14.8 Å². The van der Waals surface area contributed by atoms with Gasteiger partial charge < -0.3 is 23.7 Å². The molecule has 47 heavy (non-hydrogen) atoms. The highest BCUT2D eigenvalue weighted by molar-refractivity contribution is 5.91. The first kappa shape index (κ1) is 30.9. The number of aromatic nitrogens is 5. The highest BCUT2D eigenvalue weighted by Gasteiger charge is 2.52. The Morgan fingerprint density at radius 2 is 1.34 bits per heavy atom. The van der Waals surface area contributed by atoms with Crippen molar-refractivity contribution in [3.8, 4) is 11.6 Å². The first-order chi connectivity index (χ1) is 22.9. The maximum Gasteiger partial charge on any atom is 0.352 e. The third kappa shape index (κ3) is 6.77. The van der Waals surface area contributed by atoms with Crippen LogP contribution in [-0.2, 0) is 18.9 Å². The number of rotatable bonds is 10. The highest BCUT2D eigenvalue weighted by atomic mass is 16.7. The Labute approximate surface area is 267 Å². The molecule has 1 aliphatic heterocycles. The summed E-state index contributed by atoms with van der Waals surface area (Å²) in [4.78, 5) is 61.1. The van der Waals surface area contributed by atoms with Gasteiger partial charge in [-0.1, -0.05) is 54.6 Å². The van der Waals surface area contributed by atoms with E-state index in [0.29, 0.717) is 0 Å². The van der Waals surface area contributed by atoms with E-state index in [1.165, 1.54) is 30.6 Å². The number of benzene rings is 3. The summed E-state index contributed by atoms with van der Waals surface area (Å²) in [6.07, 6.45) is -1.47. The van der Waals surface area contributed by atoms with Crippen molar-refractivity contribution in [2.45, 2.75) is 24.5 Å². The van der Waals surface area contributed by atoms with Crippen molar-refractivity contribution in [3.63, 3.8) is 0 Å². The Morgan fingerprint density at radius 1 is 0.787 bits per heavy atom. The molecule has 1 aliphatic rings. The van der Waals surface area contributed by atoms with Crippen LogP contribution >= 0.6 is 0 Å². The van der Waals surface area contributed by atoms with E-state index in [9.17, 15) is 19.2 Å². The predicted molar refractivity (Wildman–Crippen MR) is 162 cm³/mol. The number of hydrogen-bond acceptors (Lipinski definition) is 12. The van der Waals surface area contributed by atoms with Crippen LogP contribution in [0.4, 0.5) is 0 Å². The Bertz CT molecular complexity index is 1900. The van der Waals surface area contributed by atoms with E-state index in [4.69, 9.17) is 23.7 Å². The van der Waals surface area contributed by atoms with E-state index in [0.717, 1.165) is 4.57 Å². The minimum Gasteiger partial charge on any atom is -0.491 e. The lowest BCUT2D eigenvalue weighted by molar-refractivity contribution is -0.0641. The van der Waals surface area contributed by atoms with Gasteiger partial charge in [-0.25, -0.2) is 24.2 Å². The summed E-state index contributed by atoms with van der Waals surface area (Å²) in [5, 5.41) is 4.01. The summed E-state index contributed by atoms with van der Waals surface area (Å²) in [6, 6.07) is 24.5. The molecule has 5 aromatic rings. The molecule has 1 unspecified atom stereocenters. The van der Waals surface area contributed by atoms with Crippen LogP contribution in [0.15, 0.2) is 115 Å². The van der Waals surface area contributed by atoms with Gasteiger partial charge in [-0.3, -0.25) is 4.57 Å². The fourth-order valence-corrected chi connectivity index (χ4v) is 4.93. The van der Waals surface area contributed by atoms with Gasteiger partial charge in [0.1, 0.15) is 25.4 Å². The smallest absolute Gasteiger partial charge is 0.352 e. The van der Waals surface area contributed by atoms with Crippen molar-refractivity contribution >= 4 is 17.9 Å². The zero-order chi connectivity index (χ0) is 32.8. The Morgan fingerprint density at radius 3 is 1.87 bits per heavy atom. The van der Waals surface area contributed by atoms with Gasteiger partial charge in [0.2, 0.25) is 5.82 Å². The van der Waals surface area contributed by atoms with Crippen molar-refractivity contribution in [1.82, 2.24) is 24.3 Å². The van der Waals surface area contributed by atoms with Crippen LogP contribution in [0.3, 0.4) is 0 Å². The Balaban J connectivity index is 1.39. The number of esters is 3. The molecule has 14 heteroatoms. The molecule has 3 heterocycles. The molecule has 4 atom stereocenters. The standard InChI is InChI=1S/C33H27N5O9/c1-43-24-17-37(33(42)36-28(24)38-20-34-19-35-38)29-27(47-32(41)23-15-9-4-10-16-23)26(46-31(40)22-13-7-3-8-14-22)25(45-29)18-44-30(39)21-11-5-2-6-12-21/h2-17,19-20,25-27,29H,18H2,1H3/t25-,26?,27+,29-/m1/s1. The molecule has 0 saturated carbocycles. The van der Waals surface area contributed by atoms with Gasteiger partial charge in [-0.05, 0) is 36.4 Å². The van der Waals surface area contributed by atoms with Crippen LogP contribution in [0.25, 0.3) is 5.82 Å². The lowest BCUT2D eigenvalue weighted by Gasteiger charge is -2.25. The van der Waals surface area contributed by atoms with Crippen molar-refractivity contribution in [1.29, 1.82) is 0 Å². The zero-order valence-electron chi connectivity index (χ0n) is 24.8. The predicted octanol–water partition coefficient (Wildman–Crippen LogP) is 3.04. The van der Waals surface area contributed by atoms with E-state index in [1.54, 1.807) is 91.0 Å². The van der Waals surface area contributed by atoms with Crippen LogP contribution < -0.4 is 10.4 Å². The number of hydrogen-bond donors (Lipinski definition) is 0. The van der Waals surface area contributed by atoms with Crippen molar-refractivity contribution in [2.24, 2.45) is 0 Å². The average Bonchev–Trinajstić information content (AvgIpc) is 3.77. The molecule has 0 spiro atoms. The molecule has 0 amide bonds.